The Morgan fingerprint density at radius 1 is 1.00 bits per heavy atom. The van der Waals surface area contributed by atoms with Crippen LogP contribution in [-0.2, 0) is 16.8 Å². The SMILES string of the molecule is Nc1cccnc1-c1nccc(ON=C=S)c1ON=C=S.[Co]. The van der Waals surface area contributed by atoms with E-state index in [1.165, 1.54) is 12.3 Å². The Labute approximate surface area is 146 Å². The van der Waals surface area contributed by atoms with E-state index in [4.69, 9.17) is 15.4 Å². The molecule has 0 aliphatic rings. The van der Waals surface area contributed by atoms with Crippen LogP contribution in [0.2, 0.25) is 0 Å². The van der Waals surface area contributed by atoms with Crippen LogP contribution in [-0.4, -0.2) is 20.3 Å². The molecule has 0 spiro atoms. The quantitative estimate of drug-likeness (QED) is 0.487. The number of nitrogens with zero attached hydrogens (tertiary/aromatic N) is 4. The van der Waals surface area contributed by atoms with Gasteiger partial charge >= 0.3 is 0 Å². The number of pyridine rings is 2. The molecule has 0 aliphatic carbocycles. The van der Waals surface area contributed by atoms with Gasteiger partial charge in [-0.15, -0.1) is 0 Å². The number of rotatable bonds is 5. The van der Waals surface area contributed by atoms with Crippen LogP contribution in [0.5, 0.6) is 11.5 Å². The van der Waals surface area contributed by atoms with Crippen molar-refractivity contribution in [1.29, 1.82) is 0 Å². The summed E-state index contributed by atoms with van der Waals surface area (Å²) in [4.78, 5) is 18.5. The van der Waals surface area contributed by atoms with Gasteiger partial charge in [-0.05, 0) is 46.9 Å². The summed E-state index contributed by atoms with van der Waals surface area (Å²) in [6.45, 7) is 0. The van der Waals surface area contributed by atoms with Gasteiger partial charge in [0.15, 0.2) is 0 Å². The number of nitrogens with two attached hydrogens (primary N) is 1. The van der Waals surface area contributed by atoms with Crippen molar-refractivity contribution in [3.63, 3.8) is 0 Å². The minimum atomic E-state index is 0. The van der Waals surface area contributed by atoms with Crippen LogP contribution in [0.15, 0.2) is 40.9 Å². The standard InChI is InChI=1S/C12H7N5O2S2.Co/c13-8-2-1-4-14-10(8)11-12(19-17-7-21)9(3-5-15-11)18-16-6-20;/h1-5H,13H2;. The molecule has 2 aromatic heterocycles. The molecule has 1 radical (unpaired) electrons. The van der Waals surface area contributed by atoms with Crippen molar-refractivity contribution in [3.8, 4) is 22.9 Å². The van der Waals surface area contributed by atoms with E-state index in [2.05, 4.69) is 55.0 Å². The third-order valence-corrected chi connectivity index (χ3v) is 2.44. The van der Waals surface area contributed by atoms with E-state index in [-0.39, 0.29) is 28.3 Å². The summed E-state index contributed by atoms with van der Waals surface area (Å²) in [7, 11) is 0. The van der Waals surface area contributed by atoms with Gasteiger partial charge < -0.3 is 15.4 Å². The first-order chi connectivity index (χ1) is 10.3. The van der Waals surface area contributed by atoms with Gasteiger partial charge in [0.25, 0.3) is 0 Å². The number of thiocarbonyl (C=S) groups is 2. The first-order valence-corrected chi connectivity index (χ1v) is 6.27. The molecule has 2 N–H and O–H groups in total. The maximum Gasteiger partial charge on any atom is 0.232 e. The zero-order valence-corrected chi connectivity index (χ0v) is 13.4. The van der Waals surface area contributed by atoms with Gasteiger partial charge in [-0.25, -0.2) is 0 Å². The molecular weight excluding hydrogens is 369 g/mol. The first-order valence-electron chi connectivity index (χ1n) is 5.46. The van der Waals surface area contributed by atoms with Crippen LogP contribution < -0.4 is 15.4 Å². The maximum atomic E-state index is 5.88. The third kappa shape index (κ3) is 4.15. The Morgan fingerprint density at radius 2 is 1.68 bits per heavy atom. The molecule has 0 aromatic carbocycles. The Bertz CT molecular complexity index is 761. The second-order valence-electron chi connectivity index (χ2n) is 3.48. The molecule has 0 amide bonds. The molecule has 0 saturated carbocycles. The average Bonchev–Trinajstić information content (AvgIpc) is 2.51. The molecule has 0 saturated heterocycles. The van der Waals surface area contributed by atoms with E-state index in [0.717, 1.165) is 0 Å². The molecule has 0 atom stereocenters. The first kappa shape index (κ1) is 17.9. The van der Waals surface area contributed by atoms with Crippen LogP contribution >= 0.6 is 24.4 Å². The van der Waals surface area contributed by atoms with Crippen LogP contribution in [0.3, 0.4) is 0 Å². The number of anilines is 1. The van der Waals surface area contributed by atoms with Crippen LogP contribution in [0, 0.1) is 0 Å². The van der Waals surface area contributed by atoms with Crippen LogP contribution in [0.25, 0.3) is 11.4 Å². The molecule has 113 valence electrons. The third-order valence-electron chi connectivity index (χ3n) is 2.29. The maximum absolute atomic E-state index is 5.88. The van der Waals surface area contributed by atoms with Gasteiger partial charge in [0.1, 0.15) is 21.7 Å². The second kappa shape index (κ2) is 8.95. The minimum absolute atomic E-state index is 0. The molecule has 2 rings (SSSR count). The predicted octanol–water partition coefficient (Wildman–Crippen LogP) is 2.52. The van der Waals surface area contributed by atoms with Gasteiger partial charge in [-0.2, -0.15) is 0 Å². The summed E-state index contributed by atoms with van der Waals surface area (Å²) in [5, 5.41) is 11.0. The molecule has 0 fully saturated rings. The topological polar surface area (TPSA) is 95.0 Å². The molecule has 10 heteroatoms. The predicted molar refractivity (Wildman–Crippen MR) is 83.2 cm³/mol. The van der Waals surface area contributed by atoms with Crippen LogP contribution in [0.4, 0.5) is 5.69 Å². The van der Waals surface area contributed by atoms with Crippen molar-refractivity contribution in [2.24, 2.45) is 10.3 Å². The number of hydrogen-bond acceptors (Lipinski definition) is 9. The Balaban J connectivity index is 0.00000242. The summed E-state index contributed by atoms with van der Waals surface area (Å²) < 4.78 is 0. The van der Waals surface area contributed by atoms with Crippen molar-refractivity contribution in [3.05, 3.63) is 30.6 Å². The van der Waals surface area contributed by atoms with E-state index in [0.29, 0.717) is 17.1 Å². The zero-order chi connectivity index (χ0) is 15.1. The molecule has 2 aromatic rings. The number of aromatic nitrogens is 2. The zero-order valence-electron chi connectivity index (χ0n) is 10.7. The van der Waals surface area contributed by atoms with Crippen molar-refractivity contribution in [2.75, 3.05) is 5.73 Å². The fourth-order valence-electron chi connectivity index (χ4n) is 1.51. The summed E-state index contributed by atoms with van der Waals surface area (Å²) in [6, 6.07) is 4.89. The molecule has 7 nitrogen and oxygen atoms in total. The van der Waals surface area contributed by atoms with Crippen molar-refractivity contribution < 1.29 is 26.5 Å². The van der Waals surface area contributed by atoms with Crippen molar-refractivity contribution in [1.82, 2.24) is 9.97 Å². The summed E-state index contributed by atoms with van der Waals surface area (Å²) in [5.41, 5.74) is 7.02. The van der Waals surface area contributed by atoms with E-state index in [9.17, 15) is 0 Å². The Hall–Kier alpha value is -2.19. The van der Waals surface area contributed by atoms with Crippen molar-refractivity contribution >= 4 is 40.4 Å². The Kier molecular flexibility index (Phi) is 7.27. The van der Waals surface area contributed by atoms with E-state index < -0.39 is 0 Å². The molecule has 0 bridgehead atoms. The number of isothiocyanates is 2. The molecule has 0 aliphatic heterocycles. The minimum Gasteiger partial charge on any atom is -0.397 e. The summed E-state index contributed by atoms with van der Waals surface area (Å²) in [6.07, 6.45) is 3.05. The molecular formula is C12H7CoN5O2S2. The van der Waals surface area contributed by atoms with Gasteiger partial charge in [-0.3, -0.25) is 9.97 Å². The normalized spacial score (nSPS) is 8.73. The van der Waals surface area contributed by atoms with Gasteiger partial charge in [0.2, 0.25) is 11.5 Å². The monoisotopic (exact) mass is 376 g/mol. The summed E-state index contributed by atoms with van der Waals surface area (Å²) >= 11 is 8.92. The van der Waals surface area contributed by atoms with Gasteiger partial charge in [0, 0.05) is 35.2 Å². The van der Waals surface area contributed by atoms with Crippen molar-refractivity contribution in [2.45, 2.75) is 0 Å². The smallest absolute Gasteiger partial charge is 0.232 e. The molecule has 22 heavy (non-hydrogen) atoms. The van der Waals surface area contributed by atoms with Gasteiger partial charge in [0.05, 0.1) is 5.69 Å². The van der Waals surface area contributed by atoms with E-state index in [1.54, 1.807) is 18.3 Å². The average molecular weight is 376 g/mol. The number of nitrogen functional groups attached to an aromatic ring is 1. The second-order valence-corrected chi connectivity index (χ2v) is 3.84. The fourth-order valence-corrected chi connectivity index (χ4v) is 1.58. The Morgan fingerprint density at radius 3 is 2.36 bits per heavy atom. The number of hydrogen-bond donors (Lipinski definition) is 1. The van der Waals surface area contributed by atoms with E-state index >= 15 is 0 Å². The molecule has 2 heterocycles. The summed E-state index contributed by atoms with van der Waals surface area (Å²) in [5.74, 6) is 0.339. The fraction of sp³-hybridized carbons (Fsp3) is 0. The van der Waals surface area contributed by atoms with Crippen LogP contribution in [0.1, 0.15) is 0 Å². The largest absolute Gasteiger partial charge is 0.397 e. The van der Waals surface area contributed by atoms with Gasteiger partial charge in [-0.1, -0.05) is 0 Å². The molecule has 0 unspecified atom stereocenters. The van der Waals surface area contributed by atoms with E-state index in [1.807, 2.05) is 0 Å².